The molecule has 0 aromatic carbocycles. The predicted octanol–water partition coefficient (Wildman–Crippen LogP) is 2.58. The maximum absolute atomic E-state index is 13.0. The van der Waals surface area contributed by atoms with Crippen LogP contribution < -0.4 is 15.2 Å². The lowest BCUT2D eigenvalue weighted by atomic mass is 10.2. The number of hydrogen-bond donors (Lipinski definition) is 0. The van der Waals surface area contributed by atoms with Crippen LogP contribution in [-0.4, -0.2) is 49.6 Å². The van der Waals surface area contributed by atoms with Gasteiger partial charge in [0.15, 0.2) is 34.8 Å². The van der Waals surface area contributed by atoms with Crippen LogP contribution in [0.1, 0.15) is 12.8 Å². The van der Waals surface area contributed by atoms with Crippen molar-refractivity contribution in [2.75, 3.05) is 24.3 Å². The predicted molar refractivity (Wildman–Crippen MR) is 120 cm³/mol. The third-order valence-electron chi connectivity index (χ3n) is 4.88. The summed E-state index contributed by atoms with van der Waals surface area (Å²) in [7, 11) is 0. The molecule has 0 radical (unpaired) electrons. The first kappa shape index (κ1) is 20.9. The van der Waals surface area contributed by atoms with E-state index in [4.69, 9.17) is 9.72 Å². The maximum atomic E-state index is 13.0. The summed E-state index contributed by atoms with van der Waals surface area (Å²) in [5.41, 5.74) is 0.206. The molecule has 9 nitrogen and oxygen atoms in total. The highest BCUT2D eigenvalue weighted by atomic mass is 32.2. The van der Waals surface area contributed by atoms with Crippen molar-refractivity contribution in [3.8, 4) is 11.6 Å². The monoisotopic (exact) mass is 438 g/mol. The number of aromatic nitrogens is 5. The van der Waals surface area contributed by atoms with Gasteiger partial charge in [-0.3, -0.25) is 14.5 Å². The first-order valence-electron chi connectivity index (χ1n) is 9.78. The summed E-state index contributed by atoms with van der Waals surface area (Å²) in [6.45, 7) is 8.23. The van der Waals surface area contributed by atoms with Gasteiger partial charge in [-0.2, -0.15) is 0 Å². The van der Waals surface area contributed by atoms with E-state index in [2.05, 4.69) is 23.1 Å². The summed E-state index contributed by atoms with van der Waals surface area (Å²) < 4.78 is 8.71. The van der Waals surface area contributed by atoms with E-state index in [0.29, 0.717) is 40.1 Å². The molecule has 0 aliphatic carbocycles. The number of pyridine rings is 1. The summed E-state index contributed by atoms with van der Waals surface area (Å²) in [4.78, 5) is 40.6. The zero-order valence-electron chi connectivity index (χ0n) is 17.2. The molecule has 0 fully saturated rings. The van der Waals surface area contributed by atoms with Gasteiger partial charge in [0.05, 0.1) is 6.54 Å². The van der Waals surface area contributed by atoms with Crippen molar-refractivity contribution in [2.45, 2.75) is 24.5 Å². The number of anilines is 1. The SMILES string of the molecule is C=CCCCN1C(=O)COc2ccc(-n3c4nc(SC)ncc4c(=O)n3CC=C)nc21. The van der Waals surface area contributed by atoms with Crippen LogP contribution in [0.2, 0.25) is 0 Å². The van der Waals surface area contributed by atoms with Crippen molar-refractivity contribution in [1.82, 2.24) is 24.3 Å². The molecule has 1 aliphatic rings. The lowest BCUT2D eigenvalue weighted by molar-refractivity contribution is -0.121. The number of carbonyl (C=O) groups is 1. The molecule has 0 unspecified atom stereocenters. The van der Waals surface area contributed by atoms with Crippen LogP contribution in [0.25, 0.3) is 16.9 Å². The number of hydrogen-bond acceptors (Lipinski definition) is 7. The first-order chi connectivity index (χ1) is 15.1. The van der Waals surface area contributed by atoms with E-state index in [1.54, 1.807) is 27.8 Å². The summed E-state index contributed by atoms with van der Waals surface area (Å²) >= 11 is 1.38. The Morgan fingerprint density at radius 2 is 2.06 bits per heavy atom. The molecule has 160 valence electrons. The topological polar surface area (TPSA) is 95.1 Å². The molecule has 0 spiro atoms. The average molecular weight is 439 g/mol. The number of allylic oxidation sites excluding steroid dienone is 2. The zero-order valence-corrected chi connectivity index (χ0v) is 18.0. The minimum Gasteiger partial charge on any atom is -0.480 e. The lowest BCUT2D eigenvalue weighted by Gasteiger charge is -2.28. The van der Waals surface area contributed by atoms with Gasteiger partial charge < -0.3 is 4.74 Å². The molecule has 1 aliphatic heterocycles. The molecule has 4 rings (SSSR count). The van der Waals surface area contributed by atoms with Gasteiger partial charge in [0.2, 0.25) is 0 Å². The van der Waals surface area contributed by atoms with Crippen LogP contribution in [-0.2, 0) is 11.3 Å². The molecule has 10 heteroatoms. The highest BCUT2D eigenvalue weighted by Crippen LogP contribution is 2.32. The average Bonchev–Trinajstić information content (AvgIpc) is 3.06. The van der Waals surface area contributed by atoms with Crippen molar-refractivity contribution < 1.29 is 9.53 Å². The second kappa shape index (κ2) is 8.76. The molecular weight excluding hydrogens is 416 g/mol. The van der Waals surface area contributed by atoms with Crippen LogP contribution in [0.4, 0.5) is 5.82 Å². The van der Waals surface area contributed by atoms with E-state index in [1.807, 2.05) is 12.3 Å². The summed E-state index contributed by atoms with van der Waals surface area (Å²) in [5.74, 6) is 1.24. The van der Waals surface area contributed by atoms with Crippen molar-refractivity contribution in [2.24, 2.45) is 0 Å². The Balaban J connectivity index is 1.89. The normalized spacial score (nSPS) is 13.2. The van der Waals surface area contributed by atoms with Crippen LogP contribution in [0.3, 0.4) is 0 Å². The minimum absolute atomic E-state index is 0.0277. The molecule has 31 heavy (non-hydrogen) atoms. The Morgan fingerprint density at radius 1 is 1.23 bits per heavy atom. The van der Waals surface area contributed by atoms with E-state index in [0.717, 1.165) is 12.8 Å². The van der Waals surface area contributed by atoms with Gasteiger partial charge in [-0.05, 0) is 31.2 Å². The van der Waals surface area contributed by atoms with Gasteiger partial charge >= 0.3 is 0 Å². The number of amides is 1. The third kappa shape index (κ3) is 3.74. The van der Waals surface area contributed by atoms with Crippen LogP contribution in [0, 0.1) is 0 Å². The summed E-state index contributed by atoms with van der Waals surface area (Å²) in [5, 5.41) is 0.925. The number of fused-ring (bicyclic) bond motifs is 2. The Morgan fingerprint density at radius 3 is 2.81 bits per heavy atom. The van der Waals surface area contributed by atoms with Crippen LogP contribution >= 0.6 is 11.8 Å². The van der Waals surface area contributed by atoms with E-state index in [9.17, 15) is 9.59 Å². The zero-order chi connectivity index (χ0) is 22.0. The van der Waals surface area contributed by atoms with Gasteiger partial charge in [0.25, 0.3) is 11.5 Å². The van der Waals surface area contributed by atoms with E-state index in [1.165, 1.54) is 22.6 Å². The molecule has 3 aromatic rings. The van der Waals surface area contributed by atoms with E-state index in [-0.39, 0.29) is 24.6 Å². The quantitative estimate of drug-likeness (QED) is 0.231. The van der Waals surface area contributed by atoms with Gasteiger partial charge in [-0.25, -0.2) is 24.3 Å². The number of rotatable bonds is 8. The molecule has 3 aromatic heterocycles. The number of nitrogens with zero attached hydrogens (tertiary/aromatic N) is 6. The number of carbonyl (C=O) groups excluding carboxylic acids is 1. The molecule has 0 N–H and O–H groups in total. The van der Waals surface area contributed by atoms with Crippen LogP contribution in [0.5, 0.6) is 5.75 Å². The largest absolute Gasteiger partial charge is 0.480 e. The van der Waals surface area contributed by atoms with Crippen molar-refractivity contribution >= 4 is 34.5 Å². The molecule has 0 bridgehead atoms. The van der Waals surface area contributed by atoms with Gasteiger partial charge in [-0.15, -0.1) is 13.2 Å². The third-order valence-corrected chi connectivity index (χ3v) is 5.44. The van der Waals surface area contributed by atoms with Gasteiger partial charge in [-0.1, -0.05) is 23.9 Å². The van der Waals surface area contributed by atoms with Crippen molar-refractivity contribution in [3.05, 3.63) is 54.0 Å². The molecule has 1 amide bonds. The van der Waals surface area contributed by atoms with Gasteiger partial charge in [0.1, 0.15) is 5.39 Å². The Hall–Kier alpha value is -3.40. The fraction of sp³-hybridized carbons (Fsp3) is 0.286. The highest BCUT2D eigenvalue weighted by molar-refractivity contribution is 7.98. The Kier molecular flexibility index (Phi) is 5.90. The van der Waals surface area contributed by atoms with Crippen LogP contribution in [0.15, 0.2) is 53.6 Å². The number of unbranched alkanes of at least 4 members (excludes halogenated alkanes) is 1. The Labute approximate surface area is 183 Å². The second-order valence-electron chi connectivity index (χ2n) is 6.84. The Bertz CT molecular complexity index is 1230. The summed E-state index contributed by atoms with van der Waals surface area (Å²) in [6.07, 6.45) is 8.39. The van der Waals surface area contributed by atoms with Gasteiger partial charge in [0, 0.05) is 12.7 Å². The molecule has 0 atom stereocenters. The van der Waals surface area contributed by atoms with E-state index < -0.39 is 0 Å². The smallest absolute Gasteiger partial charge is 0.278 e. The highest BCUT2D eigenvalue weighted by Gasteiger charge is 2.28. The fourth-order valence-electron chi connectivity index (χ4n) is 3.44. The number of ether oxygens (including phenoxy) is 1. The molecule has 4 heterocycles. The molecular formula is C21H22N6O3S. The standard InChI is InChI=1S/C21H22N6O3S/c1-4-6-7-11-25-17(28)13-30-15-8-9-16(23-19(15)25)27-18-14(12-22-21(24-18)31-3)20(29)26(27)10-5-2/h4-5,8-9,12H,1-2,6-7,10-11,13H2,3H3. The number of thioether (sulfide) groups is 1. The van der Waals surface area contributed by atoms with E-state index >= 15 is 0 Å². The lowest BCUT2D eigenvalue weighted by Crippen LogP contribution is -2.40. The second-order valence-corrected chi connectivity index (χ2v) is 7.61. The molecule has 0 saturated carbocycles. The van der Waals surface area contributed by atoms with Crippen molar-refractivity contribution in [3.63, 3.8) is 0 Å². The summed E-state index contributed by atoms with van der Waals surface area (Å²) in [6, 6.07) is 3.51. The maximum Gasteiger partial charge on any atom is 0.278 e. The molecule has 0 saturated heterocycles. The minimum atomic E-state index is -0.239. The van der Waals surface area contributed by atoms with Crippen molar-refractivity contribution in [1.29, 1.82) is 0 Å². The fourth-order valence-corrected chi connectivity index (χ4v) is 3.78. The first-order valence-corrected chi connectivity index (χ1v) is 11.0.